The number of carbonyl (C=O) groups is 1. The molecule has 70 valence electrons. The average Bonchev–Trinajstić information content (AvgIpc) is 2.11. The fourth-order valence-corrected chi connectivity index (χ4v) is 1.02. The Morgan fingerprint density at radius 1 is 1.38 bits per heavy atom. The lowest BCUT2D eigenvalue weighted by atomic mass is 10.3. The third-order valence-electron chi connectivity index (χ3n) is 1.27. The first-order valence-corrected chi connectivity index (χ1v) is 4.02. The quantitative estimate of drug-likeness (QED) is 0.715. The fourth-order valence-electron chi connectivity index (χ4n) is 0.721. The average molecular weight is 221 g/mol. The normalized spacial score (nSPS) is 9.46. The van der Waals surface area contributed by atoms with Crippen molar-refractivity contribution in [3.8, 4) is 0 Å². The summed E-state index contributed by atoms with van der Waals surface area (Å²) in [5, 5.41) is 3.08. The van der Waals surface area contributed by atoms with Crippen molar-refractivity contribution in [2.45, 2.75) is 0 Å². The van der Waals surface area contributed by atoms with E-state index in [1.807, 2.05) is 0 Å². The Balaban J connectivity index is 2.79. The van der Waals surface area contributed by atoms with Gasteiger partial charge in [-0.05, 0) is 18.2 Å². The van der Waals surface area contributed by atoms with Crippen molar-refractivity contribution < 1.29 is 9.63 Å². The Morgan fingerprint density at radius 2 is 2.08 bits per heavy atom. The van der Waals surface area contributed by atoms with E-state index in [1.165, 1.54) is 6.07 Å². The number of anilines is 1. The predicted octanol–water partition coefficient (Wildman–Crippen LogP) is 2.42. The van der Waals surface area contributed by atoms with Gasteiger partial charge in [-0.25, -0.2) is 4.79 Å². The summed E-state index contributed by atoms with van der Waals surface area (Å²) in [6, 6.07) is 4.61. The van der Waals surface area contributed by atoms with Crippen LogP contribution in [0.4, 0.5) is 10.5 Å². The molecule has 0 heterocycles. The van der Waals surface area contributed by atoms with Crippen LogP contribution in [0.25, 0.3) is 0 Å². The highest BCUT2D eigenvalue weighted by Gasteiger charge is 2.03. The van der Waals surface area contributed by atoms with Gasteiger partial charge in [-0.1, -0.05) is 23.2 Å². The number of halogens is 2. The monoisotopic (exact) mass is 220 g/mol. The molecule has 1 aromatic carbocycles. The van der Waals surface area contributed by atoms with Crippen molar-refractivity contribution in [1.29, 1.82) is 0 Å². The summed E-state index contributed by atoms with van der Waals surface area (Å²) >= 11 is 11.3. The molecule has 6 heteroatoms. The predicted molar refractivity (Wildman–Crippen MR) is 50.8 cm³/mol. The Labute approximate surface area is 84.5 Å². The summed E-state index contributed by atoms with van der Waals surface area (Å²) in [6.07, 6.45) is -0.765. The molecule has 0 atom stereocenters. The van der Waals surface area contributed by atoms with Crippen molar-refractivity contribution in [2.75, 3.05) is 5.32 Å². The Bertz CT molecular complexity index is 330. The Morgan fingerprint density at radius 3 is 2.62 bits per heavy atom. The van der Waals surface area contributed by atoms with E-state index in [0.29, 0.717) is 15.7 Å². The second-order valence-electron chi connectivity index (χ2n) is 2.16. The van der Waals surface area contributed by atoms with Crippen LogP contribution >= 0.6 is 23.2 Å². The highest BCUT2D eigenvalue weighted by atomic mass is 35.5. The minimum absolute atomic E-state index is 0.344. The Hall–Kier alpha value is -0.970. The van der Waals surface area contributed by atoms with Crippen LogP contribution in [-0.2, 0) is 4.84 Å². The summed E-state index contributed by atoms with van der Waals surface area (Å²) in [5.41, 5.74) is 0.463. The van der Waals surface area contributed by atoms with Gasteiger partial charge in [0.2, 0.25) is 0 Å². The third kappa shape index (κ3) is 2.77. The first-order valence-electron chi connectivity index (χ1n) is 3.26. The zero-order valence-electron chi connectivity index (χ0n) is 6.38. The molecule has 0 aliphatic carbocycles. The van der Waals surface area contributed by atoms with Crippen molar-refractivity contribution in [3.05, 3.63) is 28.2 Å². The molecular weight excluding hydrogens is 215 g/mol. The van der Waals surface area contributed by atoms with Gasteiger partial charge in [-0.2, -0.15) is 5.90 Å². The molecule has 0 saturated heterocycles. The minimum atomic E-state index is -0.765. The van der Waals surface area contributed by atoms with E-state index in [1.54, 1.807) is 12.1 Å². The zero-order valence-corrected chi connectivity index (χ0v) is 7.89. The molecule has 3 N–H and O–H groups in total. The van der Waals surface area contributed by atoms with Crippen LogP contribution in [0.15, 0.2) is 18.2 Å². The maximum Gasteiger partial charge on any atom is 0.430 e. The van der Waals surface area contributed by atoms with Gasteiger partial charge in [0.15, 0.2) is 0 Å². The third-order valence-corrected chi connectivity index (χ3v) is 2.01. The molecule has 0 fully saturated rings. The summed E-state index contributed by atoms with van der Waals surface area (Å²) in [4.78, 5) is 14.5. The molecule has 0 radical (unpaired) electrons. The van der Waals surface area contributed by atoms with Crippen LogP contribution in [0.3, 0.4) is 0 Å². The highest BCUT2D eigenvalue weighted by molar-refractivity contribution is 6.42. The number of benzene rings is 1. The second kappa shape index (κ2) is 4.32. The van der Waals surface area contributed by atoms with Crippen molar-refractivity contribution >= 4 is 35.0 Å². The lowest BCUT2D eigenvalue weighted by Crippen LogP contribution is -2.17. The minimum Gasteiger partial charge on any atom is -0.357 e. The number of carbonyl (C=O) groups excluding carboxylic acids is 1. The SMILES string of the molecule is NOC(=O)Nc1ccc(Cl)c(Cl)c1. The van der Waals surface area contributed by atoms with E-state index in [2.05, 4.69) is 16.1 Å². The largest absolute Gasteiger partial charge is 0.430 e. The van der Waals surface area contributed by atoms with Crippen molar-refractivity contribution in [3.63, 3.8) is 0 Å². The zero-order chi connectivity index (χ0) is 9.84. The second-order valence-corrected chi connectivity index (χ2v) is 2.97. The maximum atomic E-state index is 10.6. The van der Waals surface area contributed by atoms with E-state index in [9.17, 15) is 4.79 Å². The van der Waals surface area contributed by atoms with Gasteiger partial charge in [-0.3, -0.25) is 5.32 Å². The van der Waals surface area contributed by atoms with Gasteiger partial charge in [-0.15, -0.1) is 0 Å². The molecule has 0 aliphatic rings. The van der Waals surface area contributed by atoms with Gasteiger partial charge in [0.05, 0.1) is 10.0 Å². The molecule has 0 saturated carbocycles. The number of nitrogens with one attached hydrogen (secondary N) is 1. The number of nitrogens with two attached hydrogens (primary N) is 1. The van der Waals surface area contributed by atoms with Gasteiger partial charge in [0.1, 0.15) is 0 Å². The van der Waals surface area contributed by atoms with E-state index in [4.69, 9.17) is 23.2 Å². The van der Waals surface area contributed by atoms with Crippen LogP contribution in [0, 0.1) is 0 Å². The van der Waals surface area contributed by atoms with E-state index < -0.39 is 6.09 Å². The molecule has 0 spiro atoms. The molecule has 0 aromatic heterocycles. The van der Waals surface area contributed by atoms with Crippen LogP contribution in [-0.4, -0.2) is 6.09 Å². The first-order chi connectivity index (χ1) is 6.13. The lowest BCUT2D eigenvalue weighted by molar-refractivity contribution is 0.163. The first kappa shape index (κ1) is 10.1. The van der Waals surface area contributed by atoms with Crippen LogP contribution in [0.5, 0.6) is 0 Å². The summed E-state index contributed by atoms with van der Waals surface area (Å²) < 4.78 is 0. The smallest absolute Gasteiger partial charge is 0.357 e. The van der Waals surface area contributed by atoms with Gasteiger partial charge in [0.25, 0.3) is 0 Å². The highest BCUT2D eigenvalue weighted by Crippen LogP contribution is 2.24. The molecule has 1 rings (SSSR count). The maximum absolute atomic E-state index is 10.6. The van der Waals surface area contributed by atoms with Crippen LogP contribution < -0.4 is 11.2 Å². The van der Waals surface area contributed by atoms with E-state index >= 15 is 0 Å². The van der Waals surface area contributed by atoms with E-state index in [0.717, 1.165) is 0 Å². The molecular formula is C7H6Cl2N2O2. The van der Waals surface area contributed by atoms with Gasteiger partial charge in [0, 0.05) is 5.69 Å². The number of hydrogen-bond donors (Lipinski definition) is 2. The summed E-state index contributed by atoms with van der Waals surface area (Å²) in [5.74, 6) is 4.62. The lowest BCUT2D eigenvalue weighted by Gasteiger charge is -2.03. The molecule has 0 aliphatic heterocycles. The number of rotatable bonds is 1. The van der Waals surface area contributed by atoms with Crippen LogP contribution in [0.2, 0.25) is 10.0 Å². The van der Waals surface area contributed by atoms with Gasteiger partial charge >= 0.3 is 6.09 Å². The molecule has 1 amide bonds. The molecule has 4 nitrogen and oxygen atoms in total. The topological polar surface area (TPSA) is 64.3 Å². The fraction of sp³-hybridized carbons (Fsp3) is 0. The Kier molecular flexibility index (Phi) is 3.36. The van der Waals surface area contributed by atoms with E-state index in [-0.39, 0.29) is 0 Å². The van der Waals surface area contributed by atoms with Crippen molar-refractivity contribution in [2.24, 2.45) is 5.90 Å². The molecule has 13 heavy (non-hydrogen) atoms. The molecule has 1 aromatic rings. The van der Waals surface area contributed by atoms with Crippen molar-refractivity contribution in [1.82, 2.24) is 0 Å². The van der Waals surface area contributed by atoms with Gasteiger partial charge < -0.3 is 4.84 Å². The molecule has 0 bridgehead atoms. The summed E-state index contributed by atoms with van der Waals surface area (Å²) in [6.45, 7) is 0. The number of amides is 1. The van der Waals surface area contributed by atoms with Crippen LogP contribution in [0.1, 0.15) is 0 Å². The summed E-state index contributed by atoms with van der Waals surface area (Å²) in [7, 11) is 0. The molecule has 0 unspecified atom stereocenters. The standard InChI is InChI=1S/C7H6Cl2N2O2/c8-5-2-1-4(3-6(5)9)11-7(12)13-10/h1-3H,10H2,(H,11,12). The number of hydrogen-bond acceptors (Lipinski definition) is 3.